The summed E-state index contributed by atoms with van der Waals surface area (Å²) >= 11 is 0. The monoisotopic (exact) mass is 384 g/mol. The van der Waals surface area contributed by atoms with Gasteiger partial charge in [0.15, 0.2) is 0 Å². The van der Waals surface area contributed by atoms with Crippen molar-refractivity contribution in [1.82, 2.24) is 9.62 Å². The largest absolute Gasteiger partial charge is 0.379 e. The van der Waals surface area contributed by atoms with E-state index < -0.39 is 10.0 Å². The molecule has 1 aromatic rings. The maximum Gasteiger partial charge on any atom is 0.211 e. The van der Waals surface area contributed by atoms with Gasteiger partial charge in [0.2, 0.25) is 10.0 Å². The number of benzene rings is 1. The molecule has 1 saturated carbocycles. The van der Waals surface area contributed by atoms with Gasteiger partial charge in [-0.05, 0) is 36.5 Å². The van der Waals surface area contributed by atoms with Crippen molar-refractivity contribution in [2.45, 2.75) is 38.1 Å². The van der Waals surface area contributed by atoms with Crippen LogP contribution in [0, 0.1) is 11.7 Å². The molecule has 7 heteroatoms. The predicted octanol–water partition coefficient (Wildman–Crippen LogP) is 2.70. The molecule has 1 aliphatic heterocycles. The van der Waals surface area contributed by atoms with E-state index in [4.69, 9.17) is 4.74 Å². The third-order valence-electron chi connectivity index (χ3n) is 5.40. The zero-order chi connectivity index (χ0) is 18.4. The SMILES string of the molecule is O=S(=O)(CC1CCCCC1)NCC(c1cccc(F)c1)N1CCOCC1. The molecular formula is C19H29FN2O3S. The summed E-state index contributed by atoms with van der Waals surface area (Å²) in [7, 11) is -3.33. The van der Waals surface area contributed by atoms with Gasteiger partial charge < -0.3 is 4.74 Å². The number of nitrogens with zero attached hydrogens (tertiary/aromatic N) is 1. The van der Waals surface area contributed by atoms with Crippen LogP contribution in [0.5, 0.6) is 0 Å². The Morgan fingerprint density at radius 2 is 1.92 bits per heavy atom. The molecule has 26 heavy (non-hydrogen) atoms. The van der Waals surface area contributed by atoms with Crippen LogP contribution in [0.25, 0.3) is 0 Å². The fourth-order valence-corrected chi connectivity index (χ4v) is 5.47. The number of ether oxygens (including phenoxy) is 1. The molecule has 1 aromatic carbocycles. The van der Waals surface area contributed by atoms with E-state index in [1.54, 1.807) is 6.07 Å². The molecule has 1 atom stereocenters. The van der Waals surface area contributed by atoms with Crippen molar-refractivity contribution < 1.29 is 17.5 Å². The summed E-state index contributed by atoms with van der Waals surface area (Å²) in [5, 5.41) is 0. The molecule has 1 heterocycles. The van der Waals surface area contributed by atoms with Crippen LogP contribution < -0.4 is 4.72 Å². The predicted molar refractivity (Wildman–Crippen MR) is 99.9 cm³/mol. The lowest BCUT2D eigenvalue weighted by molar-refractivity contribution is 0.0171. The van der Waals surface area contributed by atoms with Crippen molar-refractivity contribution in [3.63, 3.8) is 0 Å². The Morgan fingerprint density at radius 1 is 1.19 bits per heavy atom. The Kier molecular flexibility index (Phi) is 7.03. The molecule has 2 aliphatic rings. The molecular weight excluding hydrogens is 355 g/mol. The first-order chi connectivity index (χ1) is 12.5. The summed E-state index contributed by atoms with van der Waals surface area (Å²) in [4.78, 5) is 2.17. The second-order valence-corrected chi connectivity index (χ2v) is 9.20. The topological polar surface area (TPSA) is 58.6 Å². The minimum absolute atomic E-state index is 0.185. The van der Waals surface area contributed by atoms with Crippen LogP contribution in [-0.2, 0) is 14.8 Å². The van der Waals surface area contributed by atoms with Crippen LogP contribution >= 0.6 is 0 Å². The van der Waals surface area contributed by atoms with Crippen LogP contribution in [0.1, 0.15) is 43.7 Å². The summed E-state index contributed by atoms with van der Waals surface area (Å²) in [6.45, 7) is 2.91. The molecule has 0 radical (unpaired) electrons. The van der Waals surface area contributed by atoms with Gasteiger partial charge in [-0.1, -0.05) is 31.4 Å². The van der Waals surface area contributed by atoms with E-state index in [1.165, 1.54) is 18.6 Å². The zero-order valence-electron chi connectivity index (χ0n) is 15.2. The number of rotatable bonds is 7. The first kappa shape index (κ1) is 19.7. The van der Waals surface area contributed by atoms with Crippen LogP contribution in [0.3, 0.4) is 0 Å². The van der Waals surface area contributed by atoms with E-state index in [9.17, 15) is 12.8 Å². The Balaban J connectivity index is 1.66. The molecule has 1 saturated heterocycles. The summed E-state index contributed by atoms with van der Waals surface area (Å²) in [6, 6.07) is 6.26. The minimum atomic E-state index is -3.33. The Morgan fingerprint density at radius 3 is 2.62 bits per heavy atom. The van der Waals surface area contributed by atoms with Gasteiger partial charge in [-0.25, -0.2) is 17.5 Å². The van der Waals surface area contributed by atoms with Gasteiger partial charge in [0, 0.05) is 25.7 Å². The maximum absolute atomic E-state index is 13.7. The van der Waals surface area contributed by atoms with Gasteiger partial charge in [0.25, 0.3) is 0 Å². The second-order valence-electron chi connectivity index (χ2n) is 7.35. The van der Waals surface area contributed by atoms with Gasteiger partial charge >= 0.3 is 0 Å². The lowest BCUT2D eigenvalue weighted by Crippen LogP contribution is -2.44. The van der Waals surface area contributed by atoms with Crippen molar-refractivity contribution in [3.8, 4) is 0 Å². The van der Waals surface area contributed by atoms with Gasteiger partial charge in [0.1, 0.15) is 5.82 Å². The molecule has 3 rings (SSSR count). The van der Waals surface area contributed by atoms with E-state index in [0.717, 1.165) is 31.2 Å². The number of hydrogen-bond acceptors (Lipinski definition) is 4. The molecule has 146 valence electrons. The highest BCUT2D eigenvalue weighted by atomic mass is 32.2. The highest BCUT2D eigenvalue weighted by Gasteiger charge is 2.26. The van der Waals surface area contributed by atoms with Crippen molar-refractivity contribution >= 4 is 10.0 Å². The van der Waals surface area contributed by atoms with Crippen LogP contribution in [-0.4, -0.2) is 51.9 Å². The minimum Gasteiger partial charge on any atom is -0.379 e. The van der Waals surface area contributed by atoms with Crippen LogP contribution in [0.2, 0.25) is 0 Å². The third-order valence-corrected chi connectivity index (χ3v) is 6.91. The van der Waals surface area contributed by atoms with E-state index in [0.29, 0.717) is 26.3 Å². The molecule has 1 N–H and O–H groups in total. The first-order valence-electron chi connectivity index (χ1n) is 9.58. The highest BCUT2D eigenvalue weighted by molar-refractivity contribution is 7.89. The zero-order valence-corrected chi connectivity index (χ0v) is 16.0. The third kappa shape index (κ3) is 5.74. The van der Waals surface area contributed by atoms with E-state index >= 15 is 0 Å². The summed E-state index contributed by atoms with van der Waals surface area (Å²) in [6.07, 6.45) is 5.46. The number of halogens is 1. The lowest BCUT2D eigenvalue weighted by atomic mass is 9.91. The number of hydrogen-bond donors (Lipinski definition) is 1. The molecule has 1 unspecified atom stereocenters. The van der Waals surface area contributed by atoms with E-state index in [2.05, 4.69) is 9.62 Å². The first-order valence-corrected chi connectivity index (χ1v) is 11.2. The van der Waals surface area contributed by atoms with Gasteiger partial charge in [-0.3, -0.25) is 4.90 Å². The summed E-state index contributed by atoms with van der Waals surface area (Å²) in [5.74, 6) is 0.162. The quantitative estimate of drug-likeness (QED) is 0.785. The van der Waals surface area contributed by atoms with E-state index in [-0.39, 0.29) is 30.1 Å². The molecule has 1 aliphatic carbocycles. The molecule has 0 amide bonds. The number of sulfonamides is 1. The van der Waals surface area contributed by atoms with Crippen molar-refractivity contribution in [1.29, 1.82) is 0 Å². The summed E-state index contributed by atoms with van der Waals surface area (Å²) < 4.78 is 47.0. The smallest absolute Gasteiger partial charge is 0.211 e. The van der Waals surface area contributed by atoms with Crippen molar-refractivity contribution in [3.05, 3.63) is 35.6 Å². The average Bonchev–Trinajstić information content (AvgIpc) is 2.63. The molecule has 5 nitrogen and oxygen atoms in total. The van der Waals surface area contributed by atoms with Crippen molar-refractivity contribution in [2.24, 2.45) is 5.92 Å². The Labute approximate surface area is 156 Å². The molecule has 2 fully saturated rings. The van der Waals surface area contributed by atoms with Crippen molar-refractivity contribution in [2.75, 3.05) is 38.6 Å². The summed E-state index contributed by atoms with van der Waals surface area (Å²) in [5.41, 5.74) is 0.798. The normalized spacial score (nSPS) is 21.6. The fourth-order valence-electron chi connectivity index (χ4n) is 3.99. The fraction of sp³-hybridized carbons (Fsp3) is 0.684. The standard InChI is InChI=1S/C19H29FN2O3S/c20-18-8-4-7-17(13-18)19(22-9-11-25-12-10-22)14-21-26(23,24)15-16-5-2-1-3-6-16/h4,7-8,13,16,19,21H,1-3,5-6,9-12,14-15H2. The Hall–Kier alpha value is -1.02. The van der Waals surface area contributed by atoms with Gasteiger partial charge in [-0.15, -0.1) is 0 Å². The second kappa shape index (κ2) is 9.26. The maximum atomic E-state index is 13.7. The Bertz CT molecular complexity index is 671. The van der Waals surface area contributed by atoms with E-state index in [1.807, 2.05) is 6.07 Å². The lowest BCUT2D eigenvalue weighted by Gasteiger charge is -2.35. The number of morpholine rings is 1. The molecule has 0 spiro atoms. The average molecular weight is 385 g/mol. The number of nitrogens with one attached hydrogen (secondary N) is 1. The highest BCUT2D eigenvalue weighted by Crippen LogP contribution is 2.26. The van der Waals surface area contributed by atoms with Crippen LogP contribution in [0.4, 0.5) is 4.39 Å². The van der Waals surface area contributed by atoms with Crippen LogP contribution in [0.15, 0.2) is 24.3 Å². The van der Waals surface area contributed by atoms with Gasteiger partial charge in [0.05, 0.1) is 19.0 Å². The molecule has 0 aromatic heterocycles. The molecule has 0 bridgehead atoms. The van der Waals surface area contributed by atoms with Gasteiger partial charge in [-0.2, -0.15) is 0 Å².